The molecule has 0 saturated carbocycles. The fourth-order valence-electron chi connectivity index (χ4n) is 3.41. The monoisotopic (exact) mass is 346 g/mol. The molecule has 0 aromatic heterocycles. The van der Waals surface area contributed by atoms with Crippen LogP contribution in [-0.4, -0.2) is 43.6 Å². The van der Waals surface area contributed by atoms with Crippen molar-refractivity contribution in [1.29, 1.82) is 0 Å². The lowest BCUT2D eigenvalue weighted by Gasteiger charge is -2.35. The largest absolute Gasteiger partial charge is 0.497 e. The molecular weight excluding hydrogens is 312 g/mol. The SMILES string of the molecule is COc1ccc(CCC2CCN([C@H](C)C(=O)NCC(C)C)CC2)cc1. The number of hydrogen-bond donors (Lipinski definition) is 1. The van der Waals surface area contributed by atoms with Crippen molar-refractivity contribution in [2.45, 2.75) is 52.5 Å². The van der Waals surface area contributed by atoms with E-state index in [0.717, 1.165) is 37.7 Å². The van der Waals surface area contributed by atoms with E-state index in [1.807, 2.05) is 19.1 Å². The van der Waals surface area contributed by atoms with Gasteiger partial charge in [-0.05, 0) is 75.2 Å². The highest BCUT2D eigenvalue weighted by Crippen LogP contribution is 2.24. The van der Waals surface area contributed by atoms with Crippen LogP contribution >= 0.6 is 0 Å². The van der Waals surface area contributed by atoms with E-state index < -0.39 is 0 Å². The van der Waals surface area contributed by atoms with E-state index in [-0.39, 0.29) is 11.9 Å². The highest BCUT2D eigenvalue weighted by atomic mass is 16.5. The normalized spacial score (nSPS) is 17.5. The van der Waals surface area contributed by atoms with E-state index in [2.05, 4.69) is 36.2 Å². The molecule has 1 aromatic carbocycles. The fourth-order valence-corrected chi connectivity index (χ4v) is 3.41. The van der Waals surface area contributed by atoms with Gasteiger partial charge in [-0.25, -0.2) is 0 Å². The van der Waals surface area contributed by atoms with Crippen LogP contribution in [0.2, 0.25) is 0 Å². The minimum atomic E-state index is -0.0127. The number of rotatable bonds is 8. The van der Waals surface area contributed by atoms with Crippen LogP contribution in [0.5, 0.6) is 5.75 Å². The minimum absolute atomic E-state index is 0.0127. The number of likely N-dealkylation sites (tertiary alicyclic amines) is 1. The molecule has 1 fully saturated rings. The van der Waals surface area contributed by atoms with Gasteiger partial charge in [-0.2, -0.15) is 0 Å². The summed E-state index contributed by atoms with van der Waals surface area (Å²) in [5.74, 6) is 2.36. The fraction of sp³-hybridized carbons (Fsp3) is 0.667. The molecule has 0 aliphatic carbocycles. The van der Waals surface area contributed by atoms with Gasteiger partial charge in [0, 0.05) is 6.54 Å². The molecule has 1 atom stereocenters. The molecule has 2 rings (SSSR count). The van der Waals surface area contributed by atoms with Crippen LogP contribution in [0.3, 0.4) is 0 Å². The first kappa shape index (κ1) is 19.8. The molecule has 0 bridgehead atoms. The number of nitrogens with one attached hydrogen (secondary N) is 1. The Morgan fingerprint density at radius 3 is 2.40 bits per heavy atom. The molecule has 1 aromatic rings. The maximum atomic E-state index is 12.2. The molecule has 1 saturated heterocycles. The standard InChI is InChI=1S/C21H34N2O2/c1-16(2)15-22-21(24)17(3)23-13-11-19(12-14-23)6-5-18-7-9-20(25-4)10-8-18/h7-10,16-17,19H,5-6,11-15H2,1-4H3,(H,22,24)/t17-/m1/s1. The van der Waals surface area contributed by atoms with Gasteiger partial charge in [-0.15, -0.1) is 0 Å². The van der Waals surface area contributed by atoms with Crippen molar-refractivity contribution < 1.29 is 9.53 Å². The lowest BCUT2D eigenvalue weighted by atomic mass is 9.90. The quantitative estimate of drug-likeness (QED) is 0.783. The van der Waals surface area contributed by atoms with Crippen molar-refractivity contribution in [2.24, 2.45) is 11.8 Å². The Hall–Kier alpha value is -1.55. The molecule has 0 unspecified atom stereocenters. The molecule has 1 N–H and O–H groups in total. The Morgan fingerprint density at radius 2 is 1.84 bits per heavy atom. The van der Waals surface area contributed by atoms with Crippen LogP contribution in [0.15, 0.2) is 24.3 Å². The van der Waals surface area contributed by atoms with Gasteiger partial charge < -0.3 is 10.1 Å². The van der Waals surface area contributed by atoms with Crippen LogP contribution in [0.4, 0.5) is 0 Å². The zero-order chi connectivity index (χ0) is 18.2. The average Bonchev–Trinajstić information content (AvgIpc) is 2.64. The number of methoxy groups -OCH3 is 1. The maximum Gasteiger partial charge on any atom is 0.237 e. The molecule has 0 radical (unpaired) electrons. The van der Waals surface area contributed by atoms with Crippen molar-refractivity contribution >= 4 is 5.91 Å². The maximum absolute atomic E-state index is 12.2. The van der Waals surface area contributed by atoms with Crippen LogP contribution in [0, 0.1) is 11.8 Å². The Morgan fingerprint density at radius 1 is 1.20 bits per heavy atom. The number of piperidine rings is 1. The lowest BCUT2D eigenvalue weighted by molar-refractivity contribution is -0.126. The van der Waals surface area contributed by atoms with Crippen molar-refractivity contribution in [3.63, 3.8) is 0 Å². The van der Waals surface area contributed by atoms with Crippen LogP contribution < -0.4 is 10.1 Å². The van der Waals surface area contributed by atoms with E-state index in [0.29, 0.717) is 5.92 Å². The number of amides is 1. The number of aryl methyl sites for hydroxylation is 1. The molecule has 4 heteroatoms. The van der Waals surface area contributed by atoms with Gasteiger partial charge in [0.2, 0.25) is 5.91 Å². The van der Waals surface area contributed by atoms with Gasteiger partial charge in [0.25, 0.3) is 0 Å². The number of benzene rings is 1. The summed E-state index contributed by atoms with van der Waals surface area (Å²) in [6, 6.07) is 8.39. The Balaban J connectivity index is 1.70. The second kappa shape index (κ2) is 9.81. The topological polar surface area (TPSA) is 41.6 Å². The van der Waals surface area contributed by atoms with E-state index >= 15 is 0 Å². The Bertz CT molecular complexity index is 519. The zero-order valence-corrected chi connectivity index (χ0v) is 16.3. The van der Waals surface area contributed by atoms with Gasteiger partial charge in [0.1, 0.15) is 5.75 Å². The van der Waals surface area contributed by atoms with Gasteiger partial charge in [0.15, 0.2) is 0 Å². The predicted molar refractivity (Wildman–Crippen MR) is 103 cm³/mol. The van der Waals surface area contributed by atoms with E-state index in [9.17, 15) is 4.79 Å². The number of carbonyl (C=O) groups is 1. The van der Waals surface area contributed by atoms with Gasteiger partial charge >= 0.3 is 0 Å². The first-order valence-corrected chi connectivity index (χ1v) is 9.64. The van der Waals surface area contributed by atoms with Crippen LogP contribution in [0.1, 0.15) is 45.6 Å². The summed E-state index contributed by atoms with van der Waals surface area (Å²) in [6.07, 6.45) is 4.74. The first-order chi connectivity index (χ1) is 12.0. The highest BCUT2D eigenvalue weighted by Gasteiger charge is 2.26. The van der Waals surface area contributed by atoms with Crippen molar-refractivity contribution in [1.82, 2.24) is 10.2 Å². The van der Waals surface area contributed by atoms with E-state index in [1.165, 1.54) is 24.8 Å². The summed E-state index contributed by atoms with van der Waals surface area (Å²) < 4.78 is 5.21. The number of carbonyl (C=O) groups excluding carboxylic acids is 1. The molecule has 25 heavy (non-hydrogen) atoms. The number of nitrogens with zero attached hydrogens (tertiary/aromatic N) is 1. The molecule has 1 aliphatic rings. The molecule has 1 amide bonds. The van der Waals surface area contributed by atoms with E-state index in [1.54, 1.807) is 7.11 Å². The molecule has 140 valence electrons. The molecule has 0 spiro atoms. The van der Waals surface area contributed by atoms with Crippen molar-refractivity contribution in [3.8, 4) is 5.75 Å². The molecule has 1 aliphatic heterocycles. The van der Waals surface area contributed by atoms with Crippen molar-refractivity contribution in [3.05, 3.63) is 29.8 Å². The minimum Gasteiger partial charge on any atom is -0.497 e. The summed E-state index contributed by atoms with van der Waals surface area (Å²) >= 11 is 0. The van der Waals surface area contributed by atoms with Crippen molar-refractivity contribution in [2.75, 3.05) is 26.7 Å². The second-order valence-corrected chi connectivity index (χ2v) is 7.68. The summed E-state index contributed by atoms with van der Waals surface area (Å²) in [5.41, 5.74) is 1.38. The summed E-state index contributed by atoms with van der Waals surface area (Å²) in [7, 11) is 1.70. The zero-order valence-electron chi connectivity index (χ0n) is 16.3. The molecule has 4 nitrogen and oxygen atoms in total. The summed E-state index contributed by atoms with van der Waals surface area (Å²) in [6.45, 7) is 9.11. The third-order valence-electron chi connectivity index (χ3n) is 5.26. The van der Waals surface area contributed by atoms with Gasteiger partial charge in [-0.1, -0.05) is 26.0 Å². The average molecular weight is 347 g/mol. The van der Waals surface area contributed by atoms with Gasteiger partial charge in [0.05, 0.1) is 13.2 Å². The highest BCUT2D eigenvalue weighted by molar-refractivity contribution is 5.81. The second-order valence-electron chi connectivity index (χ2n) is 7.68. The number of hydrogen-bond acceptors (Lipinski definition) is 3. The summed E-state index contributed by atoms with van der Waals surface area (Å²) in [5, 5.41) is 3.06. The van der Waals surface area contributed by atoms with Gasteiger partial charge in [-0.3, -0.25) is 9.69 Å². The predicted octanol–water partition coefficient (Wildman–Crippen LogP) is 3.50. The van der Waals surface area contributed by atoms with E-state index in [4.69, 9.17) is 4.74 Å². The molecule has 1 heterocycles. The van der Waals surface area contributed by atoms with Crippen LogP contribution in [-0.2, 0) is 11.2 Å². The Labute approximate surface area is 152 Å². The third kappa shape index (κ3) is 6.35. The smallest absolute Gasteiger partial charge is 0.237 e. The Kier molecular flexibility index (Phi) is 7.76. The first-order valence-electron chi connectivity index (χ1n) is 9.64. The third-order valence-corrected chi connectivity index (χ3v) is 5.26. The lowest BCUT2D eigenvalue weighted by Crippen LogP contribution is -2.48. The number of ether oxygens (including phenoxy) is 1. The summed E-state index contributed by atoms with van der Waals surface area (Å²) in [4.78, 5) is 14.6. The van der Waals surface area contributed by atoms with Crippen LogP contribution in [0.25, 0.3) is 0 Å². The molecular formula is C21H34N2O2.